The quantitative estimate of drug-likeness (QED) is 0.222. The van der Waals surface area contributed by atoms with Crippen molar-refractivity contribution in [2.75, 3.05) is 20.6 Å². The summed E-state index contributed by atoms with van der Waals surface area (Å²) in [6, 6.07) is 8.49. The summed E-state index contributed by atoms with van der Waals surface area (Å²) in [6.45, 7) is 2.11. The Balaban J connectivity index is 1.56. The summed E-state index contributed by atoms with van der Waals surface area (Å²) in [6.07, 6.45) is 1.48. The molecule has 2 aromatic rings. The molecule has 0 spiro atoms. The maximum Gasteiger partial charge on any atom is 0.255 e. The van der Waals surface area contributed by atoms with E-state index in [0.717, 1.165) is 6.42 Å². The third-order valence-electron chi connectivity index (χ3n) is 9.26. The fourth-order valence-corrected chi connectivity index (χ4v) is 7.16. The summed E-state index contributed by atoms with van der Waals surface area (Å²) < 4.78 is 0. The minimum absolute atomic E-state index is 0.0416. The molecule has 4 atom stereocenters. The number of carbonyl (C=O) groups excluding carboxylic acids is 5. The lowest BCUT2D eigenvalue weighted by atomic mass is 9.57. The number of hydrogen-bond acceptors (Lipinski definition) is 10. The molecule has 2 aromatic carbocycles. The van der Waals surface area contributed by atoms with Gasteiger partial charge in [-0.25, -0.2) is 0 Å². The summed E-state index contributed by atoms with van der Waals surface area (Å²) in [4.78, 5) is 65.7. The van der Waals surface area contributed by atoms with Crippen molar-refractivity contribution in [3.05, 3.63) is 70.0 Å². The van der Waals surface area contributed by atoms with Gasteiger partial charge in [0.1, 0.15) is 28.6 Å². The van der Waals surface area contributed by atoms with Crippen LogP contribution in [0.25, 0.3) is 16.9 Å². The number of likely N-dealkylation sites (N-methyl/N-ethyl adjacent to an activating group) is 1. The van der Waals surface area contributed by atoms with Gasteiger partial charge in [-0.3, -0.25) is 28.9 Å². The average Bonchev–Trinajstić information content (AvgIpc) is 2.99. The Hall–Kier alpha value is -4.81. The highest BCUT2D eigenvalue weighted by molar-refractivity contribution is 6.24. The molecule has 0 bridgehead atoms. The molecule has 242 valence electrons. The Morgan fingerprint density at radius 1 is 1.07 bits per heavy atom. The van der Waals surface area contributed by atoms with Crippen molar-refractivity contribution in [1.29, 1.82) is 0 Å². The normalized spacial score (nSPS) is 24.0. The first-order valence-corrected chi connectivity index (χ1v) is 15.1. The molecule has 5 rings (SSSR count). The van der Waals surface area contributed by atoms with Crippen LogP contribution in [0, 0.1) is 11.8 Å². The smallest absolute Gasteiger partial charge is 0.255 e. The van der Waals surface area contributed by atoms with Crippen LogP contribution in [0.1, 0.15) is 54.1 Å². The van der Waals surface area contributed by atoms with Crippen LogP contribution in [-0.2, 0) is 25.6 Å². The first-order chi connectivity index (χ1) is 21.7. The number of nitrogens with zero attached hydrogens (tertiary/aromatic N) is 1. The Kier molecular flexibility index (Phi) is 8.63. The van der Waals surface area contributed by atoms with Gasteiger partial charge in [0.25, 0.3) is 11.8 Å². The van der Waals surface area contributed by atoms with E-state index in [1.165, 1.54) is 25.1 Å². The number of amides is 2. The number of primary amides is 1. The lowest BCUT2D eigenvalue weighted by molar-refractivity contribution is -0.153. The summed E-state index contributed by atoms with van der Waals surface area (Å²) >= 11 is 0. The second-order valence-electron chi connectivity index (χ2n) is 12.3. The van der Waals surface area contributed by atoms with Gasteiger partial charge in [0.15, 0.2) is 11.4 Å². The van der Waals surface area contributed by atoms with E-state index in [0.29, 0.717) is 28.7 Å². The van der Waals surface area contributed by atoms with Crippen LogP contribution >= 0.6 is 0 Å². The minimum atomic E-state index is -2.72. The van der Waals surface area contributed by atoms with Crippen molar-refractivity contribution >= 4 is 34.9 Å². The lowest BCUT2D eigenvalue weighted by Gasteiger charge is -2.50. The highest BCUT2D eigenvalue weighted by Crippen LogP contribution is 2.53. The van der Waals surface area contributed by atoms with E-state index in [2.05, 4.69) is 5.32 Å². The summed E-state index contributed by atoms with van der Waals surface area (Å²) in [7, 11) is 3.07. The molecule has 0 radical (unpaired) electrons. The lowest BCUT2D eigenvalue weighted by Crippen LogP contribution is -2.65. The molecule has 46 heavy (non-hydrogen) atoms. The number of Topliss-reactive ketones (excluding diaryl/α,β-unsaturated/α-hetero) is 3. The molecule has 12 nitrogen and oxygen atoms in total. The molecule has 3 aliphatic rings. The van der Waals surface area contributed by atoms with Gasteiger partial charge in [0.2, 0.25) is 5.78 Å². The second kappa shape index (κ2) is 12.2. The zero-order valence-corrected chi connectivity index (χ0v) is 25.8. The second-order valence-corrected chi connectivity index (χ2v) is 12.3. The number of nitrogens with two attached hydrogens (primary N) is 1. The molecule has 0 unspecified atom stereocenters. The zero-order chi connectivity index (χ0) is 33.7. The van der Waals surface area contributed by atoms with Gasteiger partial charge in [0.05, 0.1) is 11.6 Å². The van der Waals surface area contributed by atoms with Crippen LogP contribution < -0.4 is 11.1 Å². The van der Waals surface area contributed by atoms with E-state index in [-0.39, 0.29) is 54.4 Å². The van der Waals surface area contributed by atoms with E-state index in [4.69, 9.17) is 5.73 Å². The maximum atomic E-state index is 14.0. The number of ketones is 3. The molecular formula is C34H37N3O9. The third-order valence-corrected chi connectivity index (χ3v) is 9.26. The highest BCUT2D eigenvalue weighted by atomic mass is 16.3. The van der Waals surface area contributed by atoms with Gasteiger partial charge in [-0.05, 0) is 74.2 Å². The number of fused-ring (bicyclic) bond motifs is 3. The molecule has 0 aliphatic heterocycles. The Morgan fingerprint density at radius 2 is 1.78 bits per heavy atom. The van der Waals surface area contributed by atoms with Crippen LogP contribution in [0.5, 0.6) is 5.75 Å². The number of nitrogens with one attached hydrogen (secondary N) is 1. The van der Waals surface area contributed by atoms with E-state index in [1.807, 2.05) is 6.92 Å². The monoisotopic (exact) mass is 631 g/mol. The predicted molar refractivity (Wildman–Crippen MR) is 167 cm³/mol. The van der Waals surface area contributed by atoms with Crippen molar-refractivity contribution in [1.82, 2.24) is 10.2 Å². The number of aromatic hydroxyl groups is 1. The van der Waals surface area contributed by atoms with Crippen LogP contribution in [0.3, 0.4) is 0 Å². The van der Waals surface area contributed by atoms with Gasteiger partial charge >= 0.3 is 0 Å². The maximum absolute atomic E-state index is 14.0. The van der Waals surface area contributed by atoms with E-state index < -0.39 is 58.0 Å². The van der Waals surface area contributed by atoms with Crippen LogP contribution in [0.4, 0.5) is 0 Å². The molecule has 2 amide bonds. The Morgan fingerprint density at radius 3 is 2.43 bits per heavy atom. The first kappa shape index (κ1) is 32.6. The van der Waals surface area contributed by atoms with Gasteiger partial charge in [-0.2, -0.15) is 0 Å². The number of benzene rings is 2. The van der Waals surface area contributed by atoms with Crippen LogP contribution in [0.15, 0.2) is 53.3 Å². The van der Waals surface area contributed by atoms with Crippen molar-refractivity contribution in [3.8, 4) is 16.9 Å². The van der Waals surface area contributed by atoms with Crippen molar-refractivity contribution in [2.24, 2.45) is 17.6 Å². The molecule has 12 heteroatoms. The standard InChI is InChI=1S/C34H37N3O9/c1-4-6-19(38)11-12-36-33(45)17-8-5-7-16(13-17)20-9-10-23(39)25-21(20)14-18-15-22-27(37(2)3)29(41)26(32(35)44)31(43)34(22,46)30(42)24(18)28(25)40/h5,7-10,13,18,22,27,39-40,43,46H,4,6,11-12,14-15H2,1-3H3,(H2,35,44)(H,36,45)/t18-,22-,27-,34-/m0/s1. The third kappa shape index (κ3) is 5.17. The molecule has 7 N–H and O–H groups in total. The highest BCUT2D eigenvalue weighted by Gasteiger charge is 2.64. The van der Waals surface area contributed by atoms with Crippen LogP contribution in [-0.4, -0.2) is 86.8 Å². The molecular weight excluding hydrogens is 594 g/mol. The zero-order valence-electron chi connectivity index (χ0n) is 25.8. The fraction of sp³-hybridized carbons (Fsp3) is 0.382. The number of hydrogen-bond donors (Lipinski definition) is 6. The minimum Gasteiger partial charge on any atom is -0.508 e. The van der Waals surface area contributed by atoms with Gasteiger partial charge in [-0.1, -0.05) is 25.1 Å². The number of rotatable bonds is 9. The predicted octanol–water partition coefficient (Wildman–Crippen LogP) is 2.12. The molecule has 1 fully saturated rings. The summed E-state index contributed by atoms with van der Waals surface area (Å²) in [5, 5.41) is 47.9. The molecule has 1 saturated carbocycles. The van der Waals surface area contributed by atoms with Gasteiger partial charge < -0.3 is 31.5 Å². The average molecular weight is 632 g/mol. The van der Waals surface area contributed by atoms with Crippen LogP contribution in [0.2, 0.25) is 0 Å². The van der Waals surface area contributed by atoms with Crippen molar-refractivity contribution in [3.63, 3.8) is 0 Å². The summed E-state index contributed by atoms with van der Waals surface area (Å²) in [5.74, 6) is -7.54. The first-order valence-electron chi connectivity index (χ1n) is 15.1. The van der Waals surface area contributed by atoms with Gasteiger partial charge in [-0.15, -0.1) is 0 Å². The largest absolute Gasteiger partial charge is 0.508 e. The number of carbonyl (C=O) groups is 5. The molecule has 0 saturated heterocycles. The SMILES string of the molecule is CCCC(=O)CCNC(=O)c1cccc(-c2ccc(O)c3c2C[C@H]2C[C@H]4[C@H](N(C)C)C(=O)C(C(N)=O)=C(O)[C@@]4(O)C(=O)C2=C3O)c1. The van der Waals surface area contributed by atoms with E-state index in [1.54, 1.807) is 30.3 Å². The molecule has 3 aliphatic carbocycles. The van der Waals surface area contributed by atoms with Crippen molar-refractivity contribution in [2.45, 2.75) is 50.7 Å². The molecule has 0 aromatic heterocycles. The fourth-order valence-electron chi connectivity index (χ4n) is 7.16. The Labute approximate surface area is 265 Å². The molecule has 0 heterocycles. The van der Waals surface area contributed by atoms with E-state index in [9.17, 15) is 44.4 Å². The number of aliphatic hydroxyl groups is 3. The topological polar surface area (TPSA) is 208 Å². The van der Waals surface area contributed by atoms with E-state index >= 15 is 0 Å². The number of aliphatic hydroxyl groups excluding tert-OH is 2. The van der Waals surface area contributed by atoms with Crippen molar-refractivity contribution < 1.29 is 44.4 Å². The van der Waals surface area contributed by atoms with Gasteiger partial charge in [0, 0.05) is 36.4 Å². The Bertz CT molecular complexity index is 1740. The number of phenolic OH excluding ortho intramolecular Hbond substituents is 1. The number of phenols is 1. The summed E-state index contributed by atoms with van der Waals surface area (Å²) in [5.41, 5.74) is 3.47.